The van der Waals surface area contributed by atoms with Gasteiger partial charge in [-0.2, -0.15) is 0 Å². The lowest BCUT2D eigenvalue weighted by atomic mass is 10.1. The van der Waals surface area contributed by atoms with Crippen LogP contribution in [0.15, 0.2) is 83.9 Å². The molecular formula is C21H16N4O3. The molecule has 4 rings (SSSR count). The van der Waals surface area contributed by atoms with Gasteiger partial charge in [-0.05, 0) is 29.3 Å². The van der Waals surface area contributed by atoms with Crippen LogP contribution in [0.25, 0.3) is 22.6 Å². The lowest BCUT2D eigenvalue weighted by Crippen LogP contribution is -2.26. The van der Waals surface area contributed by atoms with Gasteiger partial charge in [0.2, 0.25) is 12.3 Å². The molecule has 0 saturated heterocycles. The second-order valence-corrected chi connectivity index (χ2v) is 5.96. The van der Waals surface area contributed by atoms with Crippen molar-refractivity contribution < 1.29 is 13.9 Å². The van der Waals surface area contributed by atoms with Gasteiger partial charge in [0.25, 0.3) is 0 Å². The summed E-state index contributed by atoms with van der Waals surface area (Å²) in [6.45, 7) is 0.398. The fraction of sp³-hybridized carbons (Fsp3) is 0.0476. The number of benzene rings is 2. The topological polar surface area (TPSA) is 90.1 Å². The maximum Gasteiger partial charge on any atom is 0.412 e. The van der Waals surface area contributed by atoms with Crippen LogP contribution in [0.1, 0.15) is 5.56 Å². The van der Waals surface area contributed by atoms with Gasteiger partial charge in [-0.15, -0.1) is 10.2 Å². The Labute approximate surface area is 161 Å². The van der Waals surface area contributed by atoms with Crippen molar-refractivity contribution in [1.82, 2.24) is 20.5 Å². The van der Waals surface area contributed by atoms with E-state index in [1.165, 1.54) is 6.39 Å². The molecule has 7 nitrogen and oxygen atoms in total. The molecule has 2 aromatic heterocycles. The van der Waals surface area contributed by atoms with Gasteiger partial charge in [-0.1, -0.05) is 42.5 Å². The maximum absolute atomic E-state index is 12.1. The molecule has 1 N–H and O–H groups in total. The summed E-state index contributed by atoms with van der Waals surface area (Å²) >= 11 is 0. The third-order valence-corrected chi connectivity index (χ3v) is 4.00. The average molecular weight is 372 g/mol. The zero-order valence-corrected chi connectivity index (χ0v) is 14.8. The molecule has 4 aromatic rings. The highest BCUT2D eigenvalue weighted by atomic mass is 16.6. The quantitative estimate of drug-likeness (QED) is 0.567. The summed E-state index contributed by atoms with van der Waals surface area (Å²) in [6.07, 6.45) is 4.12. The highest BCUT2D eigenvalue weighted by Gasteiger charge is 2.09. The third kappa shape index (κ3) is 4.21. The van der Waals surface area contributed by atoms with E-state index in [0.717, 1.165) is 16.7 Å². The molecule has 2 aromatic carbocycles. The Kier molecular flexibility index (Phi) is 5.06. The molecule has 0 unspecified atom stereocenters. The van der Waals surface area contributed by atoms with Gasteiger partial charge in [-0.3, -0.25) is 4.98 Å². The van der Waals surface area contributed by atoms with E-state index in [1.54, 1.807) is 24.5 Å². The number of ether oxygens (including phenoxy) is 1. The largest absolute Gasteiger partial charge is 0.423 e. The molecule has 7 heteroatoms. The summed E-state index contributed by atoms with van der Waals surface area (Å²) < 4.78 is 10.6. The second kappa shape index (κ2) is 8.13. The fourth-order valence-corrected chi connectivity index (χ4v) is 2.67. The number of nitrogens with zero attached hydrogens (tertiary/aromatic N) is 3. The highest BCUT2D eigenvalue weighted by molar-refractivity contribution is 5.73. The van der Waals surface area contributed by atoms with Crippen molar-refractivity contribution in [2.75, 3.05) is 0 Å². The van der Waals surface area contributed by atoms with E-state index in [2.05, 4.69) is 20.5 Å². The number of hydrogen-bond donors (Lipinski definition) is 1. The Hall–Kier alpha value is -4.00. The molecule has 0 fully saturated rings. The first kappa shape index (κ1) is 17.4. The molecule has 1 amide bonds. The van der Waals surface area contributed by atoms with E-state index in [4.69, 9.17) is 9.15 Å². The standard InChI is InChI=1S/C21H16N4O3/c26-21(23-11-15-5-2-1-3-6-15)28-19-8-4-7-16(10-19)17-9-18(13-22-12-17)20-25-24-14-27-20/h1-10,12-14H,11H2,(H,23,26). The Morgan fingerprint density at radius 2 is 1.82 bits per heavy atom. The van der Waals surface area contributed by atoms with E-state index in [9.17, 15) is 4.79 Å². The Morgan fingerprint density at radius 3 is 2.64 bits per heavy atom. The van der Waals surface area contributed by atoms with Crippen molar-refractivity contribution in [3.05, 3.63) is 85.0 Å². The van der Waals surface area contributed by atoms with Crippen LogP contribution in [0.2, 0.25) is 0 Å². The van der Waals surface area contributed by atoms with Gasteiger partial charge >= 0.3 is 6.09 Å². The zero-order valence-electron chi connectivity index (χ0n) is 14.8. The van der Waals surface area contributed by atoms with Crippen molar-refractivity contribution >= 4 is 6.09 Å². The predicted molar refractivity (Wildman–Crippen MR) is 102 cm³/mol. The van der Waals surface area contributed by atoms with Gasteiger partial charge in [0.15, 0.2) is 0 Å². The number of nitrogens with one attached hydrogen (secondary N) is 1. The number of hydrogen-bond acceptors (Lipinski definition) is 6. The molecule has 0 aliphatic rings. The van der Waals surface area contributed by atoms with Gasteiger partial charge in [0, 0.05) is 24.5 Å². The summed E-state index contributed by atoms with van der Waals surface area (Å²) in [5.74, 6) is 0.827. The molecule has 0 spiro atoms. The van der Waals surface area contributed by atoms with E-state index in [0.29, 0.717) is 23.7 Å². The first-order chi connectivity index (χ1) is 13.8. The van der Waals surface area contributed by atoms with Crippen LogP contribution in [-0.2, 0) is 6.54 Å². The number of aromatic nitrogens is 3. The van der Waals surface area contributed by atoms with E-state index in [-0.39, 0.29) is 0 Å². The Balaban J connectivity index is 1.46. The predicted octanol–water partition coefficient (Wildman–Crippen LogP) is 4.09. The van der Waals surface area contributed by atoms with Crippen LogP contribution < -0.4 is 10.1 Å². The fourth-order valence-electron chi connectivity index (χ4n) is 2.67. The number of carbonyl (C=O) groups excluding carboxylic acids is 1. The number of rotatable bonds is 5. The molecule has 0 radical (unpaired) electrons. The minimum Gasteiger partial charge on any atom is -0.423 e. The minimum absolute atomic E-state index is 0.391. The van der Waals surface area contributed by atoms with Crippen molar-refractivity contribution in [2.45, 2.75) is 6.54 Å². The van der Waals surface area contributed by atoms with E-state index in [1.807, 2.05) is 48.5 Å². The molecule has 28 heavy (non-hydrogen) atoms. The molecule has 0 atom stereocenters. The smallest absolute Gasteiger partial charge is 0.412 e. The molecule has 0 aliphatic heterocycles. The first-order valence-corrected chi connectivity index (χ1v) is 8.59. The Bertz CT molecular complexity index is 1070. The molecule has 0 aliphatic carbocycles. The molecule has 0 bridgehead atoms. The monoisotopic (exact) mass is 372 g/mol. The van der Waals surface area contributed by atoms with Gasteiger partial charge in [0.05, 0.1) is 5.56 Å². The summed E-state index contributed by atoms with van der Waals surface area (Å²) in [7, 11) is 0. The molecule has 2 heterocycles. The van der Waals surface area contributed by atoms with Crippen LogP contribution in [-0.4, -0.2) is 21.3 Å². The second-order valence-electron chi connectivity index (χ2n) is 5.96. The number of pyridine rings is 1. The first-order valence-electron chi connectivity index (χ1n) is 8.59. The highest BCUT2D eigenvalue weighted by Crippen LogP contribution is 2.26. The normalized spacial score (nSPS) is 10.4. The minimum atomic E-state index is -0.515. The SMILES string of the molecule is O=C(NCc1ccccc1)Oc1cccc(-c2cncc(-c3nnco3)c2)c1. The summed E-state index contributed by atoms with van der Waals surface area (Å²) in [4.78, 5) is 16.3. The van der Waals surface area contributed by atoms with Gasteiger partial charge in [0.1, 0.15) is 5.75 Å². The average Bonchev–Trinajstić information content (AvgIpc) is 3.28. The summed E-state index contributed by atoms with van der Waals surface area (Å²) in [5.41, 5.74) is 3.40. The van der Waals surface area contributed by atoms with Crippen molar-refractivity contribution in [2.24, 2.45) is 0 Å². The number of amides is 1. The van der Waals surface area contributed by atoms with Gasteiger partial charge in [-0.25, -0.2) is 4.79 Å². The van der Waals surface area contributed by atoms with Crippen LogP contribution in [0.4, 0.5) is 4.79 Å². The van der Waals surface area contributed by atoms with E-state index >= 15 is 0 Å². The van der Waals surface area contributed by atoms with Crippen LogP contribution in [0.5, 0.6) is 5.75 Å². The van der Waals surface area contributed by atoms with Crippen LogP contribution >= 0.6 is 0 Å². The molecular weight excluding hydrogens is 356 g/mol. The lowest BCUT2D eigenvalue weighted by molar-refractivity contribution is 0.200. The van der Waals surface area contributed by atoms with Crippen LogP contribution in [0, 0.1) is 0 Å². The lowest BCUT2D eigenvalue weighted by Gasteiger charge is -2.08. The van der Waals surface area contributed by atoms with E-state index < -0.39 is 6.09 Å². The van der Waals surface area contributed by atoms with Crippen LogP contribution in [0.3, 0.4) is 0 Å². The number of carbonyl (C=O) groups is 1. The molecule has 138 valence electrons. The third-order valence-electron chi connectivity index (χ3n) is 4.00. The molecule has 0 saturated carbocycles. The van der Waals surface area contributed by atoms with Gasteiger partial charge < -0.3 is 14.5 Å². The van der Waals surface area contributed by atoms with Crippen molar-refractivity contribution in [3.8, 4) is 28.3 Å². The van der Waals surface area contributed by atoms with Crippen molar-refractivity contribution in [1.29, 1.82) is 0 Å². The summed E-state index contributed by atoms with van der Waals surface area (Å²) in [5, 5.41) is 10.3. The summed E-state index contributed by atoms with van der Waals surface area (Å²) in [6, 6.07) is 18.7. The Morgan fingerprint density at radius 1 is 0.964 bits per heavy atom. The zero-order chi connectivity index (χ0) is 19.2. The van der Waals surface area contributed by atoms with Crippen molar-refractivity contribution in [3.63, 3.8) is 0 Å². The maximum atomic E-state index is 12.1.